The van der Waals surface area contributed by atoms with Crippen LogP contribution < -0.4 is 10.1 Å². The van der Waals surface area contributed by atoms with Gasteiger partial charge >= 0.3 is 0 Å². The lowest BCUT2D eigenvalue weighted by Gasteiger charge is -2.32. The minimum atomic E-state index is 0.554. The molecule has 20 heavy (non-hydrogen) atoms. The van der Waals surface area contributed by atoms with Crippen molar-refractivity contribution in [2.75, 3.05) is 13.7 Å². The summed E-state index contributed by atoms with van der Waals surface area (Å²) >= 11 is 0. The maximum Gasteiger partial charge on any atom is 0.119 e. The van der Waals surface area contributed by atoms with E-state index in [0.29, 0.717) is 6.04 Å². The Kier molecular flexibility index (Phi) is 3.22. The van der Waals surface area contributed by atoms with Crippen LogP contribution in [0.3, 0.4) is 0 Å². The quantitative estimate of drug-likeness (QED) is 0.905. The predicted molar refractivity (Wildman–Crippen MR) is 81.0 cm³/mol. The van der Waals surface area contributed by atoms with E-state index in [1.54, 1.807) is 7.11 Å². The molecule has 1 aromatic rings. The highest BCUT2D eigenvalue weighted by atomic mass is 16.5. The summed E-state index contributed by atoms with van der Waals surface area (Å²) in [4.78, 5) is 0. The van der Waals surface area contributed by atoms with Gasteiger partial charge in [0.1, 0.15) is 5.75 Å². The van der Waals surface area contributed by atoms with Gasteiger partial charge in [-0.3, -0.25) is 0 Å². The Balaban J connectivity index is 1.55. The molecule has 2 saturated carbocycles. The van der Waals surface area contributed by atoms with Crippen LogP contribution in [-0.4, -0.2) is 13.7 Å². The Labute approximate surface area is 121 Å². The summed E-state index contributed by atoms with van der Waals surface area (Å²) in [5, 5.41) is 3.76. The van der Waals surface area contributed by atoms with E-state index in [1.807, 2.05) is 0 Å². The van der Waals surface area contributed by atoms with Crippen LogP contribution in [0.1, 0.15) is 49.3 Å². The van der Waals surface area contributed by atoms with Gasteiger partial charge in [0, 0.05) is 6.04 Å². The SMILES string of the molecule is COc1ccc2c(c1)C(CC1CC3CCC1C3)NCC2. The molecule has 1 heterocycles. The monoisotopic (exact) mass is 271 g/mol. The third-order valence-electron chi connectivity index (χ3n) is 5.94. The normalized spacial score (nSPS) is 35.0. The van der Waals surface area contributed by atoms with Gasteiger partial charge in [0.15, 0.2) is 0 Å². The van der Waals surface area contributed by atoms with Crippen LogP contribution >= 0.6 is 0 Å². The van der Waals surface area contributed by atoms with Gasteiger partial charge < -0.3 is 10.1 Å². The first kappa shape index (κ1) is 12.7. The molecule has 108 valence electrons. The standard InChI is InChI=1S/C18H25NO/c1-20-16-5-4-13-6-7-19-18(17(13)11-16)10-15-9-12-2-3-14(15)8-12/h4-5,11-12,14-15,18-19H,2-3,6-10H2,1H3. The molecular weight excluding hydrogens is 246 g/mol. The minimum absolute atomic E-state index is 0.554. The Morgan fingerprint density at radius 1 is 1.25 bits per heavy atom. The topological polar surface area (TPSA) is 21.3 Å². The van der Waals surface area contributed by atoms with Gasteiger partial charge in [0.25, 0.3) is 0 Å². The van der Waals surface area contributed by atoms with Crippen molar-refractivity contribution < 1.29 is 4.74 Å². The van der Waals surface area contributed by atoms with Crippen molar-refractivity contribution in [1.29, 1.82) is 0 Å². The second-order valence-electron chi connectivity index (χ2n) is 6.99. The largest absolute Gasteiger partial charge is 0.497 e. The van der Waals surface area contributed by atoms with Crippen molar-refractivity contribution in [2.45, 2.75) is 44.6 Å². The second kappa shape index (κ2) is 5.07. The third-order valence-corrected chi connectivity index (χ3v) is 5.94. The summed E-state index contributed by atoms with van der Waals surface area (Å²) in [5.41, 5.74) is 3.02. The number of hydrogen-bond donors (Lipinski definition) is 1. The zero-order valence-corrected chi connectivity index (χ0v) is 12.4. The van der Waals surface area contributed by atoms with E-state index in [4.69, 9.17) is 4.74 Å². The van der Waals surface area contributed by atoms with E-state index >= 15 is 0 Å². The zero-order valence-electron chi connectivity index (χ0n) is 12.4. The maximum absolute atomic E-state index is 5.42. The van der Waals surface area contributed by atoms with E-state index in [1.165, 1.54) is 43.2 Å². The van der Waals surface area contributed by atoms with Crippen LogP contribution in [0.15, 0.2) is 18.2 Å². The van der Waals surface area contributed by atoms with Crippen LogP contribution in [0.2, 0.25) is 0 Å². The van der Waals surface area contributed by atoms with Gasteiger partial charge in [0.05, 0.1) is 7.11 Å². The number of rotatable bonds is 3. The number of hydrogen-bond acceptors (Lipinski definition) is 2. The Morgan fingerprint density at radius 2 is 2.20 bits per heavy atom. The molecule has 1 aromatic carbocycles. The summed E-state index contributed by atoms with van der Waals surface area (Å²) in [6.07, 6.45) is 8.50. The van der Waals surface area contributed by atoms with Crippen LogP contribution in [0.25, 0.3) is 0 Å². The molecule has 3 aliphatic rings. The molecule has 0 amide bonds. The van der Waals surface area contributed by atoms with Crippen molar-refractivity contribution in [1.82, 2.24) is 5.32 Å². The molecule has 2 aliphatic carbocycles. The maximum atomic E-state index is 5.42. The molecular formula is C18H25NO. The van der Waals surface area contributed by atoms with Crippen molar-refractivity contribution in [2.24, 2.45) is 17.8 Å². The van der Waals surface area contributed by atoms with E-state index in [0.717, 1.165) is 36.5 Å². The second-order valence-corrected chi connectivity index (χ2v) is 6.99. The molecule has 4 atom stereocenters. The van der Waals surface area contributed by atoms with Crippen LogP contribution in [0.5, 0.6) is 5.75 Å². The lowest BCUT2D eigenvalue weighted by atomic mass is 9.81. The summed E-state index contributed by atoms with van der Waals surface area (Å²) in [7, 11) is 1.77. The number of nitrogens with one attached hydrogen (secondary N) is 1. The van der Waals surface area contributed by atoms with Gasteiger partial charge in [-0.1, -0.05) is 12.5 Å². The van der Waals surface area contributed by atoms with Gasteiger partial charge in [-0.15, -0.1) is 0 Å². The van der Waals surface area contributed by atoms with Crippen molar-refractivity contribution in [3.05, 3.63) is 29.3 Å². The first-order valence-electron chi connectivity index (χ1n) is 8.23. The fraction of sp³-hybridized carbons (Fsp3) is 0.667. The van der Waals surface area contributed by atoms with E-state index < -0.39 is 0 Å². The fourth-order valence-corrected chi connectivity index (χ4v) is 4.92. The lowest BCUT2D eigenvalue weighted by molar-refractivity contribution is 0.275. The molecule has 4 rings (SSSR count). The Bertz CT molecular complexity index is 498. The van der Waals surface area contributed by atoms with Gasteiger partial charge in [-0.05, 0) is 79.7 Å². The summed E-state index contributed by atoms with van der Waals surface area (Å²) in [6, 6.07) is 7.19. The number of fused-ring (bicyclic) bond motifs is 3. The lowest BCUT2D eigenvalue weighted by Crippen LogP contribution is -2.32. The van der Waals surface area contributed by atoms with Gasteiger partial charge in [0.2, 0.25) is 0 Å². The molecule has 0 saturated heterocycles. The van der Waals surface area contributed by atoms with Gasteiger partial charge in [-0.25, -0.2) is 0 Å². The number of methoxy groups -OCH3 is 1. The first-order valence-corrected chi connectivity index (χ1v) is 8.23. The molecule has 0 aromatic heterocycles. The molecule has 2 nitrogen and oxygen atoms in total. The van der Waals surface area contributed by atoms with Crippen molar-refractivity contribution in [3.8, 4) is 5.75 Å². The molecule has 2 fully saturated rings. The minimum Gasteiger partial charge on any atom is -0.497 e. The molecule has 2 bridgehead atoms. The Hall–Kier alpha value is -1.02. The molecule has 2 heteroatoms. The van der Waals surface area contributed by atoms with Crippen LogP contribution in [-0.2, 0) is 6.42 Å². The zero-order chi connectivity index (χ0) is 13.5. The van der Waals surface area contributed by atoms with Crippen molar-refractivity contribution in [3.63, 3.8) is 0 Å². The molecule has 1 aliphatic heterocycles. The Morgan fingerprint density at radius 3 is 2.95 bits per heavy atom. The fourth-order valence-electron chi connectivity index (χ4n) is 4.92. The van der Waals surface area contributed by atoms with Crippen molar-refractivity contribution >= 4 is 0 Å². The molecule has 0 spiro atoms. The van der Waals surface area contributed by atoms with Gasteiger partial charge in [-0.2, -0.15) is 0 Å². The summed E-state index contributed by atoms with van der Waals surface area (Å²) in [5.74, 6) is 4.05. The summed E-state index contributed by atoms with van der Waals surface area (Å²) in [6.45, 7) is 1.13. The van der Waals surface area contributed by atoms with E-state index in [9.17, 15) is 0 Å². The average Bonchev–Trinajstić information content (AvgIpc) is 3.10. The number of benzene rings is 1. The highest BCUT2D eigenvalue weighted by Gasteiger charge is 2.40. The van der Waals surface area contributed by atoms with Crippen LogP contribution in [0, 0.1) is 17.8 Å². The van der Waals surface area contributed by atoms with E-state index in [2.05, 4.69) is 23.5 Å². The first-order chi connectivity index (χ1) is 9.83. The number of ether oxygens (including phenoxy) is 1. The molecule has 4 unspecified atom stereocenters. The highest BCUT2D eigenvalue weighted by Crippen LogP contribution is 2.51. The molecule has 0 radical (unpaired) electrons. The smallest absolute Gasteiger partial charge is 0.119 e. The molecule has 1 N–H and O–H groups in total. The summed E-state index contributed by atoms with van der Waals surface area (Å²) < 4.78 is 5.42. The predicted octanol–water partition coefficient (Wildman–Crippen LogP) is 3.71. The van der Waals surface area contributed by atoms with Crippen LogP contribution in [0.4, 0.5) is 0 Å². The van der Waals surface area contributed by atoms with E-state index in [-0.39, 0.29) is 0 Å². The average molecular weight is 271 g/mol. The highest BCUT2D eigenvalue weighted by molar-refractivity contribution is 5.39. The third kappa shape index (κ3) is 2.14.